The number of hydrogen-bond donors (Lipinski definition) is 0. The van der Waals surface area contributed by atoms with Crippen molar-refractivity contribution in [2.75, 3.05) is 0 Å². The molecule has 90 valence electrons. The number of hydrogen-bond acceptors (Lipinski definition) is 1. The third kappa shape index (κ3) is 4.47. The lowest BCUT2D eigenvalue weighted by Gasteiger charge is -1.86. The predicted molar refractivity (Wildman–Crippen MR) is 71.9 cm³/mol. The van der Waals surface area contributed by atoms with Gasteiger partial charge in [0.2, 0.25) is 0 Å². The van der Waals surface area contributed by atoms with Gasteiger partial charge < -0.3 is 4.40 Å². The van der Waals surface area contributed by atoms with E-state index in [-0.39, 0.29) is 0 Å². The number of imidazole rings is 1. The maximum absolute atomic E-state index is 4.39. The molecular weight excluding hydrogens is 196 g/mol. The van der Waals surface area contributed by atoms with Crippen molar-refractivity contribution in [3.05, 3.63) is 36.3 Å². The van der Waals surface area contributed by atoms with E-state index >= 15 is 0 Å². The van der Waals surface area contributed by atoms with Gasteiger partial charge in [0, 0.05) is 12.4 Å². The second-order valence-corrected chi connectivity index (χ2v) is 3.26. The molecule has 0 aliphatic heterocycles. The van der Waals surface area contributed by atoms with Gasteiger partial charge in [-0.25, -0.2) is 4.98 Å². The van der Waals surface area contributed by atoms with Crippen LogP contribution < -0.4 is 0 Å². The minimum Gasteiger partial charge on any atom is -0.307 e. The lowest BCUT2D eigenvalue weighted by Crippen LogP contribution is -1.77. The summed E-state index contributed by atoms with van der Waals surface area (Å²) in [5.41, 5.74) is 2.18. The van der Waals surface area contributed by atoms with Crippen LogP contribution in [-0.2, 0) is 6.42 Å². The third-order valence-corrected chi connectivity index (χ3v) is 1.78. The fourth-order valence-electron chi connectivity index (χ4n) is 1.16. The van der Waals surface area contributed by atoms with E-state index in [4.69, 9.17) is 0 Å². The molecule has 0 amide bonds. The molecule has 0 unspecified atom stereocenters. The van der Waals surface area contributed by atoms with Gasteiger partial charge in [-0.3, -0.25) is 0 Å². The highest BCUT2D eigenvalue weighted by Crippen LogP contribution is 2.03. The van der Waals surface area contributed by atoms with Crippen molar-refractivity contribution >= 4 is 5.65 Å². The van der Waals surface area contributed by atoms with Crippen molar-refractivity contribution in [2.45, 2.75) is 47.5 Å². The average Bonchev–Trinajstić information content (AvgIpc) is 2.75. The summed E-state index contributed by atoms with van der Waals surface area (Å²) in [5.74, 6) is 0. The average molecular weight is 220 g/mol. The highest BCUT2D eigenvalue weighted by atomic mass is 15.0. The first-order valence-electron chi connectivity index (χ1n) is 6.24. The maximum Gasteiger partial charge on any atom is 0.136 e. The highest BCUT2D eigenvalue weighted by Gasteiger charge is 1.95. The van der Waals surface area contributed by atoms with Crippen molar-refractivity contribution in [3.63, 3.8) is 0 Å². The Morgan fingerprint density at radius 3 is 2.25 bits per heavy atom. The minimum absolute atomic E-state index is 1.00. The molecule has 2 aromatic heterocycles. The molecule has 0 fully saturated rings. The van der Waals surface area contributed by atoms with Crippen molar-refractivity contribution < 1.29 is 0 Å². The molecule has 0 spiro atoms. The van der Waals surface area contributed by atoms with Crippen LogP contribution in [0.25, 0.3) is 5.65 Å². The van der Waals surface area contributed by atoms with Crippen molar-refractivity contribution in [1.82, 2.24) is 9.38 Å². The Kier molecular flexibility index (Phi) is 8.22. The van der Waals surface area contributed by atoms with Crippen LogP contribution in [0.4, 0.5) is 0 Å². The highest BCUT2D eigenvalue weighted by molar-refractivity contribution is 5.39. The van der Waals surface area contributed by atoms with Gasteiger partial charge in [0.25, 0.3) is 0 Å². The first-order chi connectivity index (χ1) is 7.81. The fourth-order valence-corrected chi connectivity index (χ4v) is 1.16. The molecule has 0 atom stereocenters. The predicted octanol–water partition coefficient (Wildman–Crippen LogP) is 4.34. The van der Waals surface area contributed by atoms with Crippen LogP contribution in [0.2, 0.25) is 0 Å². The number of rotatable bonds is 1. The van der Waals surface area contributed by atoms with E-state index in [2.05, 4.69) is 32.0 Å². The van der Waals surface area contributed by atoms with E-state index < -0.39 is 0 Å². The quantitative estimate of drug-likeness (QED) is 0.699. The van der Waals surface area contributed by atoms with Crippen LogP contribution in [0.15, 0.2) is 30.6 Å². The lowest BCUT2D eigenvalue weighted by molar-refractivity contribution is 1.07. The monoisotopic (exact) mass is 220 g/mol. The van der Waals surface area contributed by atoms with Crippen LogP contribution in [0.1, 0.15) is 46.7 Å². The van der Waals surface area contributed by atoms with Gasteiger partial charge in [-0.1, -0.05) is 47.1 Å². The van der Waals surface area contributed by atoms with Crippen LogP contribution in [0.5, 0.6) is 0 Å². The van der Waals surface area contributed by atoms with E-state index in [0.717, 1.165) is 17.8 Å². The number of fused-ring (bicyclic) bond motifs is 1. The topological polar surface area (TPSA) is 17.3 Å². The van der Waals surface area contributed by atoms with Crippen molar-refractivity contribution in [3.8, 4) is 0 Å². The van der Waals surface area contributed by atoms with E-state index in [1.807, 2.05) is 42.6 Å². The molecule has 0 saturated carbocycles. The number of aromatic nitrogens is 2. The summed E-state index contributed by atoms with van der Waals surface area (Å²) in [6.45, 7) is 10.4. The largest absolute Gasteiger partial charge is 0.307 e. The van der Waals surface area contributed by atoms with Crippen molar-refractivity contribution in [2.24, 2.45) is 0 Å². The van der Waals surface area contributed by atoms with Crippen LogP contribution in [0.3, 0.4) is 0 Å². The summed E-state index contributed by atoms with van der Waals surface area (Å²) < 4.78 is 2.04. The smallest absolute Gasteiger partial charge is 0.136 e. The van der Waals surface area contributed by atoms with Crippen LogP contribution in [-0.4, -0.2) is 9.38 Å². The van der Waals surface area contributed by atoms with Gasteiger partial charge >= 0.3 is 0 Å². The first-order valence-corrected chi connectivity index (χ1v) is 6.24. The summed E-state index contributed by atoms with van der Waals surface area (Å²) in [6.07, 6.45) is 6.33. The first kappa shape index (κ1) is 14.7. The Hall–Kier alpha value is -1.31. The molecule has 0 bridgehead atoms. The zero-order valence-electron chi connectivity index (χ0n) is 11.2. The SMILES string of the molecule is CC.CCC.CCc1cn2ccccc2n1. The Bertz CT molecular complexity index is 344. The Balaban J connectivity index is 0.000000394. The Labute approximate surface area is 99.3 Å². The van der Waals surface area contributed by atoms with Crippen molar-refractivity contribution in [1.29, 1.82) is 0 Å². The molecule has 0 saturated heterocycles. The van der Waals surface area contributed by atoms with Gasteiger partial charge in [-0.15, -0.1) is 0 Å². The van der Waals surface area contributed by atoms with Gasteiger partial charge in [0.15, 0.2) is 0 Å². The Morgan fingerprint density at radius 1 is 1.12 bits per heavy atom. The number of nitrogens with zero attached hydrogens (tertiary/aromatic N) is 2. The molecular formula is C14H24N2. The standard InChI is InChI=1S/C9H10N2.C3H8.C2H6/c1-2-8-7-11-6-4-3-5-9(11)10-8;1-3-2;1-2/h3-7H,2H2,1H3;3H2,1-2H3;1-2H3. The molecule has 16 heavy (non-hydrogen) atoms. The van der Waals surface area contributed by atoms with E-state index in [1.165, 1.54) is 6.42 Å². The van der Waals surface area contributed by atoms with E-state index in [1.54, 1.807) is 0 Å². The second kappa shape index (κ2) is 8.96. The maximum atomic E-state index is 4.39. The summed E-state index contributed by atoms with van der Waals surface area (Å²) in [7, 11) is 0. The molecule has 2 nitrogen and oxygen atoms in total. The Morgan fingerprint density at radius 2 is 1.75 bits per heavy atom. The summed E-state index contributed by atoms with van der Waals surface area (Å²) in [5, 5.41) is 0. The zero-order valence-corrected chi connectivity index (χ0v) is 11.2. The summed E-state index contributed by atoms with van der Waals surface area (Å²) in [6, 6.07) is 6.02. The minimum atomic E-state index is 1.00. The molecule has 2 rings (SSSR count). The summed E-state index contributed by atoms with van der Waals surface area (Å²) in [4.78, 5) is 4.39. The normalized spacial score (nSPS) is 8.81. The molecule has 2 heteroatoms. The lowest BCUT2D eigenvalue weighted by atomic mass is 10.4. The molecule has 0 aliphatic rings. The third-order valence-electron chi connectivity index (χ3n) is 1.78. The van der Waals surface area contributed by atoms with E-state index in [9.17, 15) is 0 Å². The van der Waals surface area contributed by atoms with Gasteiger partial charge in [-0.2, -0.15) is 0 Å². The number of aryl methyl sites for hydroxylation is 1. The zero-order chi connectivity index (χ0) is 12.4. The van der Waals surface area contributed by atoms with E-state index in [0.29, 0.717) is 0 Å². The summed E-state index contributed by atoms with van der Waals surface area (Å²) >= 11 is 0. The van der Waals surface area contributed by atoms with Crippen LogP contribution >= 0.6 is 0 Å². The van der Waals surface area contributed by atoms with Gasteiger partial charge in [-0.05, 0) is 18.6 Å². The molecule has 0 N–H and O–H groups in total. The molecule has 0 aliphatic carbocycles. The molecule has 2 aromatic rings. The number of pyridine rings is 1. The van der Waals surface area contributed by atoms with Gasteiger partial charge in [0.1, 0.15) is 5.65 Å². The van der Waals surface area contributed by atoms with Crippen LogP contribution in [0, 0.1) is 0 Å². The molecule has 0 radical (unpaired) electrons. The molecule has 0 aromatic carbocycles. The second-order valence-electron chi connectivity index (χ2n) is 3.26. The van der Waals surface area contributed by atoms with Gasteiger partial charge in [0.05, 0.1) is 5.69 Å². The molecule has 2 heterocycles. The fraction of sp³-hybridized carbons (Fsp3) is 0.500.